The summed E-state index contributed by atoms with van der Waals surface area (Å²) in [5.41, 5.74) is 6.48. The van der Waals surface area contributed by atoms with E-state index >= 15 is 0 Å². The van der Waals surface area contributed by atoms with Crippen molar-refractivity contribution in [2.45, 2.75) is 91.5 Å². The summed E-state index contributed by atoms with van der Waals surface area (Å²) in [4.78, 5) is 54.6. The second-order valence-electron chi connectivity index (χ2n) is 11.2. The van der Waals surface area contributed by atoms with E-state index in [-0.39, 0.29) is 18.3 Å². The second-order valence-corrected chi connectivity index (χ2v) is 11.2. The SMILES string of the molecule is CC[C@H](C)[C@H](NC(=O)[C@H](Cc1c[nH]c2ccccc12)NC(=O)OC(C)(C)C)C(=O)N[C@H](CC(C)C)C(N)=O. The van der Waals surface area contributed by atoms with Crippen molar-refractivity contribution < 1.29 is 23.9 Å². The Morgan fingerprint density at radius 1 is 0.974 bits per heavy atom. The molecule has 0 fully saturated rings. The van der Waals surface area contributed by atoms with Crippen molar-refractivity contribution in [1.82, 2.24) is 20.9 Å². The number of carbonyl (C=O) groups is 4. The molecule has 1 aromatic carbocycles. The van der Waals surface area contributed by atoms with Crippen LogP contribution in [-0.2, 0) is 25.5 Å². The molecule has 1 aromatic heterocycles. The van der Waals surface area contributed by atoms with Crippen molar-refractivity contribution in [2.24, 2.45) is 17.6 Å². The number of alkyl carbamates (subject to hydrolysis) is 1. The first-order valence-electron chi connectivity index (χ1n) is 13.2. The standard InChI is InChI=1S/C28H43N5O5/c1-8-17(4)23(26(36)31-21(24(29)34)13-16(2)3)33-25(35)22(32-27(37)38-28(5,6)7)14-18-15-30-20-12-10-9-11-19(18)20/h9-12,15-17,21-23,30H,8,13-14H2,1-7H3,(H2,29,34)(H,31,36)(H,32,37)(H,33,35)/t17-,21+,22-,23-/m0/s1. The van der Waals surface area contributed by atoms with E-state index in [9.17, 15) is 19.2 Å². The summed E-state index contributed by atoms with van der Waals surface area (Å²) in [6.45, 7) is 12.8. The van der Waals surface area contributed by atoms with Crippen molar-refractivity contribution in [1.29, 1.82) is 0 Å². The minimum atomic E-state index is -1.02. The Kier molecular flexibility index (Phi) is 10.7. The lowest BCUT2D eigenvalue weighted by molar-refractivity contribution is -0.133. The van der Waals surface area contributed by atoms with Gasteiger partial charge in [0.2, 0.25) is 17.7 Å². The number of hydrogen-bond acceptors (Lipinski definition) is 5. The molecule has 38 heavy (non-hydrogen) atoms. The number of aromatic nitrogens is 1. The Morgan fingerprint density at radius 2 is 1.63 bits per heavy atom. The van der Waals surface area contributed by atoms with E-state index < -0.39 is 47.5 Å². The first kappa shape index (κ1) is 30.7. The fourth-order valence-corrected chi connectivity index (χ4v) is 4.11. The number of fused-ring (bicyclic) bond motifs is 1. The molecule has 1 heterocycles. The zero-order valence-corrected chi connectivity index (χ0v) is 23.5. The van der Waals surface area contributed by atoms with Crippen LogP contribution in [0.5, 0.6) is 0 Å². The molecule has 10 heteroatoms. The Balaban J connectivity index is 2.31. The van der Waals surface area contributed by atoms with Crippen LogP contribution in [0.1, 0.15) is 66.9 Å². The quantitative estimate of drug-likeness (QED) is 0.286. The lowest BCUT2D eigenvalue weighted by Crippen LogP contribution is -2.58. The van der Waals surface area contributed by atoms with Gasteiger partial charge in [-0.3, -0.25) is 14.4 Å². The van der Waals surface area contributed by atoms with Crippen LogP contribution in [-0.4, -0.2) is 52.5 Å². The van der Waals surface area contributed by atoms with Gasteiger partial charge in [-0.15, -0.1) is 0 Å². The third-order valence-electron chi connectivity index (χ3n) is 6.27. The van der Waals surface area contributed by atoms with E-state index in [1.165, 1.54) is 0 Å². The van der Waals surface area contributed by atoms with Crippen LogP contribution in [0.15, 0.2) is 30.5 Å². The van der Waals surface area contributed by atoms with Gasteiger partial charge >= 0.3 is 6.09 Å². The summed E-state index contributed by atoms with van der Waals surface area (Å²) in [5, 5.41) is 9.11. The molecular weight excluding hydrogens is 486 g/mol. The van der Waals surface area contributed by atoms with Crippen LogP contribution < -0.4 is 21.7 Å². The van der Waals surface area contributed by atoms with E-state index in [1.807, 2.05) is 52.0 Å². The van der Waals surface area contributed by atoms with Crippen molar-refractivity contribution in [2.75, 3.05) is 0 Å². The number of carbonyl (C=O) groups excluding carboxylic acids is 4. The topological polar surface area (TPSA) is 155 Å². The fraction of sp³-hybridized carbons (Fsp3) is 0.571. The van der Waals surface area contributed by atoms with E-state index in [4.69, 9.17) is 10.5 Å². The van der Waals surface area contributed by atoms with E-state index in [0.29, 0.717) is 12.8 Å². The number of para-hydroxylation sites is 1. The minimum Gasteiger partial charge on any atom is -0.444 e. The molecule has 0 bridgehead atoms. The molecule has 10 nitrogen and oxygen atoms in total. The predicted molar refractivity (Wildman–Crippen MR) is 147 cm³/mol. The fourth-order valence-electron chi connectivity index (χ4n) is 4.11. The van der Waals surface area contributed by atoms with Crippen LogP contribution in [0.4, 0.5) is 4.79 Å². The largest absolute Gasteiger partial charge is 0.444 e. The summed E-state index contributed by atoms with van der Waals surface area (Å²) >= 11 is 0. The Labute approximate surface area is 224 Å². The Hall–Kier alpha value is -3.56. The number of nitrogens with one attached hydrogen (secondary N) is 4. The maximum absolute atomic E-state index is 13.6. The highest BCUT2D eigenvalue weighted by Crippen LogP contribution is 2.20. The highest BCUT2D eigenvalue weighted by molar-refractivity contribution is 5.94. The Morgan fingerprint density at radius 3 is 2.21 bits per heavy atom. The first-order valence-corrected chi connectivity index (χ1v) is 13.2. The third-order valence-corrected chi connectivity index (χ3v) is 6.27. The maximum Gasteiger partial charge on any atom is 0.408 e. The molecule has 6 N–H and O–H groups in total. The summed E-state index contributed by atoms with van der Waals surface area (Å²) in [7, 11) is 0. The van der Waals surface area contributed by atoms with E-state index in [1.54, 1.807) is 27.0 Å². The van der Waals surface area contributed by atoms with Crippen LogP contribution in [0.2, 0.25) is 0 Å². The molecule has 0 saturated heterocycles. The van der Waals surface area contributed by atoms with Crippen LogP contribution in [0.3, 0.4) is 0 Å². The molecule has 0 unspecified atom stereocenters. The molecular formula is C28H43N5O5. The molecule has 0 spiro atoms. The lowest BCUT2D eigenvalue weighted by Gasteiger charge is -2.28. The molecule has 0 saturated carbocycles. The van der Waals surface area contributed by atoms with E-state index in [0.717, 1.165) is 16.5 Å². The van der Waals surface area contributed by atoms with Crippen LogP contribution in [0.25, 0.3) is 10.9 Å². The number of primary amides is 1. The summed E-state index contributed by atoms with van der Waals surface area (Å²) in [5.74, 6) is -1.80. The van der Waals surface area contributed by atoms with Crippen molar-refractivity contribution >= 4 is 34.7 Å². The number of H-pyrrole nitrogens is 1. The van der Waals surface area contributed by atoms with Crippen LogP contribution >= 0.6 is 0 Å². The summed E-state index contributed by atoms with van der Waals surface area (Å²) in [6, 6.07) is 4.83. The van der Waals surface area contributed by atoms with Crippen molar-refractivity contribution in [3.8, 4) is 0 Å². The molecule has 210 valence electrons. The molecule has 0 radical (unpaired) electrons. The van der Waals surface area contributed by atoms with Crippen molar-refractivity contribution in [3.63, 3.8) is 0 Å². The highest BCUT2D eigenvalue weighted by Gasteiger charge is 2.33. The average Bonchev–Trinajstić information content (AvgIpc) is 3.22. The Bertz CT molecular complexity index is 1120. The zero-order valence-electron chi connectivity index (χ0n) is 23.5. The monoisotopic (exact) mass is 529 g/mol. The maximum atomic E-state index is 13.6. The molecule has 0 aliphatic rings. The highest BCUT2D eigenvalue weighted by atomic mass is 16.6. The third kappa shape index (κ3) is 9.08. The van der Waals surface area contributed by atoms with Gasteiger partial charge in [0.25, 0.3) is 0 Å². The smallest absolute Gasteiger partial charge is 0.408 e. The number of benzene rings is 1. The molecule has 2 rings (SSSR count). The van der Waals surface area contributed by atoms with Gasteiger partial charge in [-0.25, -0.2) is 4.79 Å². The second kappa shape index (κ2) is 13.3. The van der Waals surface area contributed by atoms with Crippen LogP contribution in [0, 0.1) is 11.8 Å². The average molecular weight is 530 g/mol. The van der Waals surface area contributed by atoms with E-state index in [2.05, 4.69) is 20.9 Å². The zero-order chi connectivity index (χ0) is 28.6. The van der Waals surface area contributed by atoms with Gasteiger partial charge in [-0.05, 0) is 50.7 Å². The number of hydrogen-bond donors (Lipinski definition) is 5. The number of amides is 4. The number of aromatic amines is 1. The van der Waals surface area contributed by atoms with Gasteiger partial charge < -0.3 is 31.4 Å². The number of ether oxygens (including phenoxy) is 1. The summed E-state index contributed by atoms with van der Waals surface area (Å²) in [6.07, 6.45) is 2.19. The minimum absolute atomic E-state index is 0.128. The van der Waals surface area contributed by atoms with Gasteiger partial charge in [0, 0.05) is 23.5 Å². The van der Waals surface area contributed by atoms with Crippen molar-refractivity contribution in [3.05, 3.63) is 36.0 Å². The molecule has 0 aliphatic heterocycles. The first-order chi connectivity index (χ1) is 17.7. The molecule has 4 atom stereocenters. The lowest BCUT2D eigenvalue weighted by atomic mass is 9.96. The number of nitrogens with two attached hydrogens (primary N) is 1. The molecule has 0 aliphatic carbocycles. The van der Waals surface area contributed by atoms with Gasteiger partial charge in [0.15, 0.2) is 0 Å². The molecule has 4 amide bonds. The normalized spacial score (nSPS) is 14.8. The number of rotatable bonds is 12. The predicted octanol–water partition coefficient (Wildman–Crippen LogP) is 3.15. The van der Waals surface area contributed by atoms with Gasteiger partial charge in [0.05, 0.1) is 0 Å². The summed E-state index contributed by atoms with van der Waals surface area (Å²) < 4.78 is 5.39. The van der Waals surface area contributed by atoms with Gasteiger partial charge in [-0.1, -0.05) is 52.3 Å². The van der Waals surface area contributed by atoms with Gasteiger partial charge in [-0.2, -0.15) is 0 Å². The van der Waals surface area contributed by atoms with Gasteiger partial charge in [0.1, 0.15) is 23.7 Å². The molecule has 2 aromatic rings.